The number of rotatable bonds is 7. The van der Waals surface area contributed by atoms with E-state index in [9.17, 15) is 18.7 Å². The molecule has 1 heterocycles. The predicted molar refractivity (Wildman–Crippen MR) is 108 cm³/mol. The van der Waals surface area contributed by atoms with Crippen molar-refractivity contribution in [1.82, 2.24) is 9.88 Å². The lowest BCUT2D eigenvalue weighted by Crippen LogP contribution is -2.15. The number of aromatic nitrogens is 1. The van der Waals surface area contributed by atoms with Gasteiger partial charge in [0.2, 0.25) is 0 Å². The third kappa shape index (κ3) is 4.49. The molecule has 0 aliphatic heterocycles. The Balaban J connectivity index is 1.88. The van der Waals surface area contributed by atoms with Gasteiger partial charge < -0.3 is 15.0 Å². The van der Waals surface area contributed by atoms with Crippen molar-refractivity contribution in [3.63, 3.8) is 0 Å². The first kappa shape index (κ1) is 21.0. The molecule has 152 valence electrons. The van der Waals surface area contributed by atoms with Crippen LogP contribution in [-0.4, -0.2) is 15.6 Å². The standard InChI is InChI=1S/C22H21ClF2N2O2/c1-13-17(11-26-10-15-6-8-16(24)9-7-15)21(22(28)29)14(2)27(13)12-18-19(23)4-3-5-20(18)25/h3-9,26H,10-12H2,1-2H3,(H,28,29). The largest absolute Gasteiger partial charge is 0.478 e. The number of benzene rings is 2. The summed E-state index contributed by atoms with van der Waals surface area (Å²) in [7, 11) is 0. The first-order valence-electron chi connectivity index (χ1n) is 9.09. The van der Waals surface area contributed by atoms with E-state index in [4.69, 9.17) is 11.6 Å². The van der Waals surface area contributed by atoms with Gasteiger partial charge in [-0.15, -0.1) is 0 Å². The van der Waals surface area contributed by atoms with E-state index in [2.05, 4.69) is 5.32 Å². The molecule has 3 aromatic rings. The summed E-state index contributed by atoms with van der Waals surface area (Å²) in [6.45, 7) is 4.42. The summed E-state index contributed by atoms with van der Waals surface area (Å²) in [4.78, 5) is 11.9. The van der Waals surface area contributed by atoms with Crippen LogP contribution in [0.25, 0.3) is 0 Å². The van der Waals surface area contributed by atoms with E-state index in [0.717, 1.165) is 11.3 Å². The number of nitrogens with one attached hydrogen (secondary N) is 1. The van der Waals surface area contributed by atoms with Crippen LogP contribution >= 0.6 is 11.6 Å². The van der Waals surface area contributed by atoms with Crippen molar-refractivity contribution in [3.8, 4) is 0 Å². The second-order valence-corrected chi connectivity index (χ2v) is 7.25. The van der Waals surface area contributed by atoms with Crippen LogP contribution in [0.1, 0.15) is 38.4 Å². The van der Waals surface area contributed by atoms with Gasteiger partial charge in [-0.25, -0.2) is 13.6 Å². The number of nitrogens with zero attached hydrogens (tertiary/aromatic N) is 1. The van der Waals surface area contributed by atoms with Crippen LogP contribution < -0.4 is 5.32 Å². The topological polar surface area (TPSA) is 54.3 Å². The van der Waals surface area contributed by atoms with Gasteiger partial charge in [0.1, 0.15) is 11.6 Å². The van der Waals surface area contributed by atoms with E-state index in [-0.39, 0.29) is 17.9 Å². The van der Waals surface area contributed by atoms with Crippen molar-refractivity contribution in [2.24, 2.45) is 0 Å². The predicted octanol–water partition coefficient (Wildman–Crippen LogP) is 5.07. The number of carboxylic acid groups (broad SMARTS) is 1. The van der Waals surface area contributed by atoms with E-state index in [1.807, 2.05) is 6.92 Å². The van der Waals surface area contributed by atoms with Crippen molar-refractivity contribution in [3.05, 3.63) is 92.8 Å². The average Bonchev–Trinajstić information content (AvgIpc) is 2.90. The average molecular weight is 419 g/mol. The quantitative estimate of drug-likeness (QED) is 0.563. The Morgan fingerprint density at radius 2 is 1.72 bits per heavy atom. The maximum atomic E-state index is 14.2. The van der Waals surface area contributed by atoms with Gasteiger partial charge in [-0.2, -0.15) is 0 Å². The molecule has 0 unspecified atom stereocenters. The molecule has 0 aliphatic rings. The molecule has 3 rings (SSSR count). The highest BCUT2D eigenvalue weighted by atomic mass is 35.5. The number of carboxylic acids is 1. The highest BCUT2D eigenvalue weighted by molar-refractivity contribution is 6.31. The Bertz CT molecular complexity index is 1030. The van der Waals surface area contributed by atoms with Gasteiger partial charge in [-0.1, -0.05) is 29.8 Å². The minimum atomic E-state index is -1.04. The minimum absolute atomic E-state index is 0.140. The molecule has 7 heteroatoms. The third-order valence-corrected chi connectivity index (χ3v) is 5.40. The summed E-state index contributed by atoms with van der Waals surface area (Å²) in [6, 6.07) is 10.6. The van der Waals surface area contributed by atoms with Crippen molar-refractivity contribution in [2.45, 2.75) is 33.5 Å². The van der Waals surface area contributed by atoms with E-state index < -0.39 is 11.8 Å². The molecule has 1 aromatic heterocycles. The van der Waals surface area contributed by atoms with Gasteiger partial charge in [0.05, 0.1) is 12.1 Å². The summed E-state index contributed by atoms with van der Waals surface area (Å²) < 4.78 is 29.0. The van der Waals surface area contributed by atoms with Gasteiger partial charge in [0.15, 0.2) is 0 Å². The molecule has 4 nitrogen and oxygen atoms in total. The van der Waals surface area contributed by atoms with Crippen LogP contribution in [0.5, 0.6) is 0 Å². The van der Waals surface area contributed by atoms with Gasteiger partial charge in [-0.3, -0.25) is 0 Å². The van der Waals surface area contributed by atoms with Crippen LogP contribution in [0.4, 0.5) is 8.78 Å². The first-order chi connectivity index (χ1) is 13.8. The molecular formula is C22H21ClF2N2O2. The number of carbonyl (C=O) groups is 1. The molecule has 2 aromatic carbocycles. The third-order valence-electron chi connectivity index (χ3n) is 5.05. The van der Waals surface area contributed by atoms with E-state index in [1.165, 1.54) is 24.3 Å². The van der Waals surface area contributed by atoms with Gasteiger partial charge >= 0.3 is 5.97 Å². The molecule has 0 amide bonds. The second kappa shape index (κ2) is 8.76. The maximum absolute atomic E-state index is 14.2. The van der Waals surface area contributed by atoms with Crippen LogP contribution in [0.15, 0.2) is 42.5 Å². The number of hydrogen-bond acceptors (Lipinski definition) is 2. The second-order valence-electron chi connectivity index (χ2n) is 6.85. The zero-order valence-corrected chi connectivity index (χ0v) is 16.9. The molecule has 0 spiro atoms. The summed E-state index contributed by atoms with van der Waals surface area (Å²) >= 11 is 6.15. The van der Waals surface area contributed by atoms with Crippen molar-refractivity contribution in [1.29, 1.82) is 0 Å². The van der Waals surface area contributed by atoms with Gasteiger partial charge in [0.25, 0.3) is 0 Å². The molecule has 29 heavy (non-hydrogen) atoms. The number of aromatic carboxylic acids is 1. The van der Waals surface area contributed by atoms with Crippen LogP contribution in [-0.2, 0) is 19.6 Å². The normalized spacial score (nSPS) is 11.1. The van der Waals surface area contributed by atoms with Crippen LogP contribution in [0.2, 0.25) is 5.02 Å². The Labute approximate surface area is 172 Å². The SMILES string of the molecule is Cc1c(CNCc2ccc(F)cc2)c(C(=O)O)c(C)n1Cc1c(F)cccc1Cl. The van der Waals surface area contributed by atoms with Crippen molar-refractivity contribution < 1.29 is 18.7 Å². The summed E-state index contributed by atoms with van der Waals surface area (Å²) in [5.74, 6) is -1.78. The van der Waals surface area contributed by atoms with Gasteiger partial charge in [-0.05, 0) is 43.7 Å². The molecule has 0 saturated carbocycles. The Morgan fingerprint density at radius 3 is 2.34 bits per heavy atom. The lowest BCUT2D eigenvalue weighted by molar-refractivity contribution is 0.0694. The first-order valence-corrected chi connectivity index (χ1v) is 9.47. The molecular weight excluding hydrogens is 398 g/mol. The molecule has 0 radical (unpaired) electrons. The maximum Gasteiger partial charge on any atom is 0.337 e. The van der Waals surface area contributed by atoms with E-state index in [1.54, 1.807) is 29.7 Å². The molecule has 0 atom stereocenters. The fourth-order valence-corrected chi connectivity index (χ4v) is 3.68. The van der Waals surface area contributed by atoms with Crippen LogP contribution in [0, 0.1) is 25.5 Å². The molecule has 0 bridgehead atoms. The van der Waals surface area contributed by atoms with Gasteiger partial charge in [0, 0.05) is 40.6 Å². The van der Waals surface area contributed by atoms with Crippen LogP contribution in [0.3, 0.4) is 0 Å². The summed E-state index contributed by atoms with van der Waals surface area (Å²) in [5.41, 5.74) is 3.29. The summed E-state index contributed by atoms with van der Waals surface area (Å²) in [5, 5.41) is 13.2. The van der Waals surface area contributed by atoms with Crippen molar-refractivity contribution >= 4 is 17.6 Å². The molecule has 0 fully saturated rings. The summed E-state index contributed by atoms with van der Waals surface area (Å²) in [6.07, 6.45) is 0. The molecule has 2 N–H and O–H groups in total. The van der Waals surface area contributed by atoms with E-state index in [0.29, 0.717) is 34.9 Å². The Morgan fingerprint density at radius 1 is 1.03 bits per heavy atom. The Hall–Kier alpha value is -2.70. The fraction of sp³-hybridized carbons (Fsp3) is 0.227. The number of halogens is 3. The lowest BCUT2D eigenvalue weighted by atomic mass is 10.1. The highest BCUT2D eigenvalue weighted by Gasteiger charge is 2.23. The minimum Gasteiger partial charge on any atom is -0.478 e. The zero-order valence-electron chi connectivity index (χ0n) is 16.1. The Kier molecular flexibility index (Phi) is 6.35. The van der Waals surface area contributed by atoms with E-state index >= 15 is 0 Å². The molecule has 0 saturated heterocycles. The van der Waals surface area contributed by atoms with Crippen molar-refractivity contribution in [2.75, 3.05) is 0 Å². The highest BCUT2D eigenvalue weighted by Crippen LogP contribution is 2.27. The monoisotopic (exact) mass is 418 g/mol. The molecule has 0 aliphatic carbocycles. The zero-order chi connectivity index (χ0) is 21.1. The fourth-order valence-electron chi connectivity index (χ4n) is 3.46. The lowest BCUT2D eigenvalue weighted by Gasteiger charge is -2.12. The smallest absolute Gasteiger partial charge is 0.337 e. The number of hydrogen-bond donors (Lipinski definition) is 2.